The summed E-state index contributed by atoms with van der Waals surface area (Å²) in [7, 11) is 1.31. The Bertz CT molecular complexity index is 1270. The Morgan fingerprint density at radius 3 is 2.65 bits per heavy atom. The lowest BCUT2D eigenvalue weighted by Crippen LogP contribution is -2.27. The van der Waals surface area contributed by atoms with Crippen molar-refractivity contribution in [1.82, 2.24) is 9.97 Å². The van der Waals surface area contributed by atoms with E-state index in [4.69, 9.17) is 4.74 Å². The van der Waals surface area contributed by atoms with Crippen molar-refractivity contribution >= 4 is 34.9 Å². The first-order valence-corrected chi connectivity index (χ1v) is 11.0. The molecule has 2 aliphatic carbocycles. The summed E-state index contributed by atoms with van der Waals surface area (Å²) in [6.45, 7) is 0. The van der Waals surface area contributed by atoms with E-state index in [1.165, 1.54) is 13.3 Å². The molecule has 34 heavy (non-hydrogen) atoms. The highest BCUT2D eigenvalue weighted by Gasteiger charge is 2.43. The second kappa shape index (κ2) is 8.74. The smallest absolute Gasteiger partial charge is 0.309 e. The topological polar surface area (TPSA) is 113 Å². The van der Waals surface area contributed by atoms with Crippen LogP contribution in [0.1, 0.15) is 28.9 Å². The van der Waals surface area contributed by atoms with Crippen molar-refractivity contribution in [2.24, 2.45) is 11.8 Å². The molecular formula is C25H23FN4O4. The molecule has 1 unspecified atom stereocenters. The van der Waals surface area contributed by atoms with Crippen molar-refractivity contribution in [3.05, 3.63) is 59.9 Å². The molecular weight excluding hydrogens is 439 g/mol. The van der Waals surface area contributed by atoms with Crippen molar-refractivity contribution < 1.29 is 23.5 Å². The van der Waals surface area contributed by atoms with Gasteiger partial charge >= 0.3 is 5.97 Å². The predicted molar refractivity (Wildman–Crippen MR) is 124 cm³/mol. The van der Waals surface area contributed by atoms with E-state index in [2.05, 4.69) is 20.6 Å². The van der Waals surface area contributed by atoms with Crippen LogP contribution in [0.4, 0.5) is 21.6 Å². The number of ketones is 1. The van der Waals surface area contributed by atoms with E-state index in [0.29, 0.717) is 40.4 Å². The van der Waals surface area contributed by atoms with Crippen LogP contribution in [-0.2, 0) is 20.7 Å². The Morgan fingerprint density at radius 2 is 1.94 bits per heavy atom. The normalized spacial score (nSPS) is 20.9. The zero-order chi connectivity index (χ0) is 23.8. The molecule has 1 fully saturated rings. The van der Waals surface area contributed by atoms with Gasteiger partial charge in [-0.05, 0) is 30.7 Å². The number of Topliss-reactive ketones (excluding diaryl/α,β-unsaturated/α-hetero) is 1. The molecule has 2 aliphatic rings. The molecule has 3 atom stereocenters. The van der Waals surface area contributed by atoms with Crippen molar-refractivity contribution in [3.63, 3.8) is 0 Å². The summed E-state index contributed by atoms with van der Waals surface area (Å²) in [4.78, 5) is 44.9. The minimum absolute atomic E-state index is 0.0594. The number of carbonyl (C=O) groups excluding carboxylic acids is 3. The van der Waals surface area contributed by atoms with Crippen molar-refractivity contribution in [1.29, 1.82) is 0 Å². The molecule has 0 bridgehead atoms. The highest BCUT2D eigenvalue weighted by Crippen LogP contribution is 2.41. The number of fused-ring (bicyclic) bond motifs is 1. The summed E-state index contributed by atoms with van der Waals surface area (Å²) < 4.78 is 18.1. The molecule has 2 heterocycles. The lowest BCUT2D eigenvalue weighted by molar-refractivity contribution is -0.145. The molecule has 2 aromatic heterocycles. The third kappa shape index (κ3) is 4.16. The van der Waals surface area contributed by atoms with Gasteiger partial charge in [0.05, 0.1) is 35.9 Å². The van der Waals surface area contributed by atoms with Gasteiger partial charge in [0.15, 0.2) is 5.78 Å². The summed E-state index contributed by atoms with van der Waals surface area (Å²) in [5.41, 5.74) is 3.82. The van der Waals surface area contributed by atoms with Crippen molar-refractivity contribution in [2.45, 2.75) is 25.4 Å². The van der Waals surface area contributed by atoms with Crippen molar-refractivity contribution in [3.8, 4) is 11.3 Å². The number of nitrogens with one attached hydrogen (secondary N) is 3. The lowest BCUT2D eigenvalue weighted by Gasteiger charge is -2.20. The number of anilines is 3. The van der Waals surface area contributed by atoms with Crippen LogP contribution < -0.4 is 10.6 Å². The first-order valence-electron chi connectivity index (χ1n) is 11.0. The van der Waals surface area contributed by atoms with E-state index in [0.717, 1.165) is 5.69 Å². The molecule has 9 heteroatoms. The molecule has 1 aromatic carbocycles. The zero-order valence-electron chi connectivity index (χ0n) is 18.4. The highest BCUT2D eigenvalue weighted by atomic mass is 19.1. The number of rotatable bonds is 6. The highest BCUT2D eigenvalue weighted by molar-refractivity contribution is 6.09. The second-order valence-electron chi connectivity index (χ2n) is 8.55. The molecule has 3 aromatic rings. The van der Waals surface area contributed by atoms with Gasteiger partial charge in [-0.25, -0.2) is 9.37 Å². The standard InChI is InChI=1S/C25H23FN4O4/c1-34-25(33)14-9-18-21(19(31)10-14)23(28-15-5-3-2-4-6-15)22(29-18)13-7-8-27-20(11-13)30-24(32)16-12-17(16)26/h2-8,11,14,16-17,28-29H,9-10,12H2,1H3,(H,27,30,32)/t14?,16-,17+/m1/s1. The average molecular weight is 462 g/mol. The van der Waals surface area contributed by atoms with Crippen LogP contribution >= 0.6 is 0 Å². The fraction of sp³-hybridized carbons (Fsp3) is 0.280. The number of nitrogens with zero attached hydrogens (tertiary/aromatic N) is 1. The zero-order valence-corrected chi connectivity index (χ0v) is 18.4. The van der Waals surface area contributed by atoms with Crippen LogP contribution in [0.3, 0.4) is 0 Å². The number of para-hydroxylation sites is 1. The Morgan fingerprint density at radius 1 is 1.18 bits per heavy atom. The van der Waals surface area contributed by atoms with Gasteiger partial charge in [0.2, 0.25) is 5.91 Å². The number of carbonyl (C=O) groups is 3. The monoisotopic (exact) mass is 462 g/mol. The Labute approximate surface area is 194 Å². The maximum atomic E-state index is 13.3. The first kappa shape index (κ1) is 21.8. The maximum Gasteiger partial charge on any atom is 0.309 e. The number of H-pyrrole nitrogens is 1. The second-order valence-corrected chi connectivity index (χ2v) is 8.55. The Hall–Kier alpha value is -4.01. The summed E-state index contributed by atoms with van der Waals surface area (Å²) >= 11 is 0. The quantitative estimate of drug-likeness (QED) is 0.477. The largest absolute Gasteiger partial charge is 0.469 e. The number of methoxy groups -OCH3 is 1. The SMILES string of the molecule is COC(=O)C1CC(=O)c2c([nH]c(-c3ccnc(NC(=O)[C@@H]4C[C@@H]4F)c3)c2Nc2ccccc2)C1. The lowest BCUT2D eigenvalue weighted by atomic mass is 9.86. The van der Waals surface area contributed by atoms with E-state index in [-0.39, 0.29) is 18.6 Å². The van der Waals surface area contributed by atoms with Crippen LogP contribution in [0.25, 0.3) is 11.3 Å². The molecule has 0 radical (unpaired) electrons. The fourth-order valence-corrected chi connectivity index (χ4v) is 4.31. The third-order valence-corrected chi connectivity index (χ3v) is 6.17. The number of amides is 1. The van der Waals surface area contributed by atoms with Gasteiger partial charge in [-0.2, -0.15) is 0 Å². The van der Waals surface area contributed by atoms with Gasteiger partial charge in [-0.3, -0.25) is 14.4 Å². The number of alkyl halides is 1. The molecule has 5 rings (SSSR count). The number of aromatic amines is 1. The summed E-state index contributed by atoms with van der Waals surface area (Å²) in [5, 5.41) is 6.00. The van der Waals surface area contributed by atoms with E-state index < -0.39 is 29.9 Å². The van der Waals surface area contributed by atoms with Gasteiger partial charge in [-0.1, -0.05) is 18.2 Å². The van der Waals surface area contributed by atoms with Crippen LogP contribution in [0.15, 0.2) is 48.7 Å². The number of benzene rings is 1. The molecule has 3 N–H and O–H groups in total. The van der Waals surface area contributed by atoms with Crippen LogP contribution in [0.5, 0.6) is 0 Å². The Balaban J connectivity index is 1.54. The molecule has 1 amide bonds. The molecule has 174 valence electrons. The fourth-order valence-electron chi connectivity index (χ4n) is 4.31. The minimum Gasteiger partial charge on any atom is -0.469 e. The van der Waals surface area contributed by atoms with Gasteiger partial charge < -0.3 is 20.4 Å². The summed E-state index contributed by atoms with van der Waals surface area (Å²) in [6, 6.07) is 12.8. The van der Waals surface area contributed by atoms with Gasteiger partial charge in [-0.15, -0.1) is 0 Å². The van der Waals surface area contributed by atoms with Gasteiger partial charge in [0.1, 0.15) is 12.0 Å². The number of pyridine rings is 1. The van der Waals surface area contributed by atoms with E-state index >= 15 is 0 Å². The minimum atomic E-state index is -1.10. The average Bonchev–Trinajstić information content (AvgIpc) is 3.47. The number of esters is 1. The molecule has 0 spiro atoms. The van der Waals surface area contributed by atoms with Crippen LogP contribution in [0.2, 0.25) is 0 Å². The van der Waals surface area contributed by atoms with Crippen LogP contribution in [-0.4, -0.2) is 40.9 Å². The number of hydrogen-bond donors (Lipinski definition) is 3. The third-order valence-electron chi connectivity index (χ3n) is 6.17. The van der Waals surface area contributed by atoms with Gasteiger partial charge in [0.25, 0.3) is 0 Å². The van der Waals surface area contributed by atoms with E-state index in [1.54, 1.807) is 12.1 Å². The maximum absolute atomic E-state index is 13.3. The van der Waals surface area contributed by atoms with Crippen LogP contribution in [0, 0.1) is 11.8 Å². The molecule has 8 nitrogen and oxygen atoms in total. The first-order chi connectivity index (χ1) is 16.4. The van der Waals surface area contributed by atoms with E-state index in [9.17, 15) is 18.8 Å². The molecule has 0 saturated heterocycles. The van der Waals surface area contributed by atoms with E-state index in [1.807, 2.05) is 30.3 Å². The molecule has 0 aliphatic heterocycles. The summed E-state index contributed by atoms with van der Waals surface area (Å²) in [6.07, 6.45) is 1.06. The number of halogens is 1. The Kier molecular flexibility index (Phi) is 5.61. The predicted octanol–water partition coefficient (Wildman–Crippen LogP) is 4.03. The molecule has 1 saturated carbocycles. The number of ether oxygens (including phenoxy) is 1. The number of hydrogen-bond acceptors (Lipinski definition) is 6. The van der Waals surface area contributed by atoms with Gasteiger partial charge in [0, 0.05) is 36.0 Å². The number of aromatic nitrogens is 2. The van der Waals surface area contributed by atoms with Crippen molar-refractivity contribution in [2.75, 3.05) is 17.7 Å². The summed E-state index contributed by atoms with van der Waals surface area (Å²) in [5.74, 6) is -1.89.